The maximum atomic E-state index is 12.8. The van der Waals surface area contributed by atoms with E-state index >= 15 is 0 Å². The second-order valence-electron chi connectivity index (χ2n) is 5.02. The molecule has 1 N–H and O–H groups in total. The zero-order valence-corrected chi connectivity index (χ0v) is 12.7. The van der Waals surface area contributed by atoms with Crippen molar-refractivity contribution >= 4 is 11.9 Å². The van der Waals surface area contributed by atoms with Gasteiger partial charge in [-0.2, -0.15) is 0 Å². The first-order chi connectivity index (χ1) is 10.5. The molecule has 1 aromatic rings. The second kappa shape index (κ2) is 6.65. The molecule has 1 heterocycles. The minimum absolute atomic E-state index is 0.0142. The van der Waals surface area contributed by atoms with Crippen LogP contribution in [-0.2, 0) is 9.53 Å². The van der Waals surface area contributed by atoms with Crippen LogP contribution in [0.4, 0.5) is 0 Å². The lowest BCUT2D eigenvalue weighted by Crippen LogP contribution is -2.51. The Hall–Kier alpha value is -2.28. The second-order valence-corrected chi connectivity index (χ2v) is 5.02. The van der Waals surface area contributed by atoms with Crippen molar-refractivity contribution in [3.05, 3.63) is 23.8 Å². The summed E-state index contributed by atoms with van der Waals surface area (Å²) >= 11 is 0. The summed E-state index contributed by atoms with van der Waals surface area (Å²) in [5, 5.41) is 9.12. The van der Waals surface area contributed by atoms with Crippen LogP contribution in [0, 0.1) is 0 Å². The highest BCUT2D eigenvalue weighted by molar-refractivity contribution is 6.00. The smallest absolute Gasteiger partial charge is 0.334 e. The number of carbonyl (C=O) groups is 2. The predicted octanol–water partition coefficient (Wildman–Crippen LogP) is 1.02. The van der Waals surface area contributed by atoms with Crippen LogP contribution >= 0.6 is 0 Å². The topological polar surface area (TPSA) is 85.3 Å². The highest BCUT2D eigenvalue weighted by Gasteiger charge is 2.34. The summed E-state index contributed by atoms with van der Waals surface area (Å²) in [7, 11) is 2.93. The number of morpholine rings is 1. The number of hydrogen-bond donors (Lipinski definition) is 1. The number of hydrogen-bond acceptors (Lipinski definition) is 5. The van der Waals surface area contributed by atoms with Gasteiger partial charge in [-0.05, 0) is 19.1 Å². The van der Waals surface area contributed by atoms with Crippen molar-refractivity contribution in [1.82, 2.24) is 4.90 Å². The Bertz CT molecular complexity index is 551. The zero-order chi connectivity index (χ0) is 16.3. The van der Waals surface area contributed by atoms with Crippen LogP contribution in [0.1, 0.15) is 17.3 Å². The SMILES string of the molecule is COc1cccc(OC)c1C(=O)N1CC(C(=O)O)O[C@H](C)C1. The van der Waals surface area contributed by atoms with E-state index in [0.29, 0.717) is 18.0 Å². The molecule has 0 saturated carbocycles. The van der Waals surface area contributed by atoms with E-state index in [-0.39, 0.29) is 24.1 Å². The summed E-state index contributed by atoms with van der Waals surface area (Å²) in [6.45, 7) is 2.03. The predicted molar refractivity (Wildman–Crippen MR) is 77.4 cm³/mol. The fourth-order valence-corrected chi connectivity index (χ4v) is 2.47. The molecule has 0 aromatic heterocycles. The van der Waals surface area contributed by atoms with E-state index in [4.69, 9.17) is 19.3 Å². The molecule has 0 radical (unpaired) electrons. The number of carbonyl (C=O) groups excluding carboxylic acids is 1. The van der Waals surface area contributed by atoms with E-state index in [1.165, 1.54) is 19.1 Å². The largest absolute Gasteiger partial charge is 0.496 e. The first kappa shape index (κ1) is 16.1. The Balaban J connectivity index is 2.33. The third-order valence-electron chi connectivity index (χ3n) is 3.46. The lowest BCUT2D eigenvalue weighted by atomic mass is 10.1. The molecule has 1 aromatic carbocycles. The van der Waals surface area contributed by atoms with Gasteiger partial charge in [0.05, 0.1) is 26.9 Å². The quantitative estimate of drug-likeness (QED) is 0.893. The maximum Gasteiger partial charge on any atom is 0.334 e. The van der Waals surface area contributed by atoms with Crippen LogP contribution < -0.4 is 9.47 Å². The Kier molecular flexibility index (Phi) is 4.87. The molecule has 7 heteroatoms. The molecule has 1 fully saturated rings. The van der Waals surface area contributed by atoms with Crippen LogP contribution in [0.25, 0.3) is 0 Å². The summed E-state index contributed by atoms with van der Waals surface area (Å²) in [4.78, 5) is 25.4. The average Bonchev–Trinajstić information content (AvgIpc) is 2.52. The highest BCUT2D eigenvalue weighted by atomic mass is 16.5. The standard InChI is InChI=1S/C15H19NO6/c1-9-7-16(8-12(22-9)15(18)19)14(17)13-10(20-2)5-4-6-11(13)21-3/h4-6,9,12H,7-8H2,1-3H3,(H,18,19)/t9-,12?/m1/s1. The van der Waals surface area contributed by atoms with Gasteiger partial charge in [-0.3, -0.25) is 4.79 Å². The molecule has 7 nitrogen and oxygen atoms in total. The van der Waals surface area contributed by atoms with Gasteiger partial charge < -0.3 is 24.2 Å². The van der Waals surface area contributed by atoms with Gasteiger partial charge in [0.2, 0.25) is 0 Å². The lowest BCUT2D eigenvalue weighted by molar-refractivity contribution is -0.160. The minimum Gasteiger partial charge on any atom is -0.496 e. The molecule has 1 aliphatic heterocycles. The Morgan fingerprint density at radius 3 is 2.32 bits per heavy atom. The van der Waals surface area contributed by atoms with Crippen molar-refractivity contribution in [3.8, 4) is 11.5 Å². The molecule has 1 aliphatic rings. The molecule has 22 heavy (non-hydrogen) atoms. The van der Waals surface area contributed by atoms with Gasteiger partial charge >= 0.3 is 5.97 Å². The van der Waals surface area contributed by atoms with Gasteiger partial charge in [0.25, 0.3) is 5.91 Å². The Morgan fingerprint density at radius 2 is 1.82 bits per heavy atom. The fraction of sp³-hybridized carbons (Fsp3) is 0.467. The van der Waals surface area contributed by atoms with Crippen molar-refractivity contribution in [2.75, 3.05) is 27.3 Å². The van der Waals surface area contributed by atoms with E-state index in [1.807, 2.05) is 0 Å². The van der Waals surface area contributed by atoms with Crippen molar-refractivity contribution in [2.45, 2.75) is 19.1 Å². The van der Waals surface area contributed by atoms with Gasteiger partial charge in [0, 0.05) is 6.54 Å². The summed E-state index contributed by atoms with van der Waals surface area (Å²) in [5.74, 6) is -0.655. The third-order valence-corrected chi connectivity index (χ3v) is 3.46. The van der Waals surface area contributed by atoms with E-state index in [0.717, 1.165) is 0 Å². The number of carboxylic acid groups (broad SMARTS) is 1. The summed E-state index contributed by atoms with van der Waals surface area (Å²) in [6, 6.07) is 5.04. The van der Waals surface area contributed by atoms with E-state index < -0.39 is 12.1 Å². The molecule has 2 rings (SSSR count). The molecule has 2 atom stereocenters. The Labute approximate surface area is 128 Å². The lowest BCUT2D eigenvalue weighted by Gasteiger charge is -2.35. The van der Waals surface area contributed by atoms with Gasteiger partial charge in [-0.15, -0.1) is 0 Å². The first-order valence-electron chi connectivity index (χ1n) is 6.86. The molecular weight excluding hydrogens is 290 g/mol. The van der Waals surface area contributed by atoms with Crippen molar-refractivity contribution < 1.29 is 28.9 Å². The number of rotatable bonds is 4. The zero-order valence-electron chi connectivity index (χ0n) is 12.7. The maximum absolute atomic E-state index is 12.8. The van der Waals surface area contributed by atoms with Crippen LogP contribution in [0.3, 0.4) is 0 Å². The molecule has 1 unspecified atom stereocenters. The van der Waals surface area contributed by atoms with Gasteiger partial charge in [-0.25, -0.2) is 4.79 Å². The molecule has 1 saturated heterocycles. The monoisotopic (exact) mass is 309 g/mol. The van der Waals surface area contributed by atoms with Gasteiger partial charge in [0.1, 0.15) is 17.1 Å². The average molecular weight is 309 g/mol. The number of amides is 1. The van der Waals surface area contributed by atoms with Crippen LogP contribution in [0.5, 0.6) is 11.5 Å². The molecule has 0 spiro atoms. The van der Waals surface area contributed by atoms with Crippen molar-refractivity contribution in [1.29, 1.82) is 0 Å². The fourth-order valence-electron chi connectivity index (χ4n) is 2.47. The summed E-state index contributed by atoms with van der Waals surface area (Å²) < 4.78 is 15.8. The normalized spacial score (nSPS) is 21.3. The van der Waals surface area contributed by atoms with Crippen molar-refractivity contribution in [2.24, 2.45) is 0 Å². The molecular formula is C15H19NO6. The van der Waals surface area contributed by atoms with Crippen LogP contribution in [-0.4, -0.2) is 61.4 Å². The van der Waals surface area contributed by atoms with Gasteiger partial charge in [-0.1, -0.05) is 6.07 Å². The van der Waals surface area contributed by atoms with Gasteiger partial charge in [0.15, 0.2) is 6.10 Å². The molecule has 0 aliphatic carbocycles. The summed E-state index contributed by atoms with van der Waals surface area (Å²) in [6.07, 6.45) is -1.40. The number of carboxylic acids is 1. The van der Waals surface area contributed by atoms with E-state index in [9.17, 15) is 9.59 Å². The third kappa shape index (κ3) is 3.14. The highest BCUT2D eigenvalue weighted by Crippen LogP contribution is 2.30. The van der Waals surface area contributed by atoms with Crippen LogP contribution in [0.15, 0.2) is 18.2 Å². The van der Waals surface area contributed by atoms with E-state index in [1.54, 1.807) is 25.1 Å². The first-order valence-corrected chi connectivity index (χ1v) is 6.86. The Morgan fingerprint density at radius 1 is 1.23 bits per heavy atom. The number of methoxy groups -OCH3 is 2. The molecule has 0 bridgehead atoms. The number of benzene rings is 1. The van der Waals surface area contributed by atoms with Crippen molar-refractivity contribution in [3.63, 3.8) is 0 Å². The van der Waals surface area contributed by atoms with E-state index in [2.05, 4.69) is 0 Å². The number of ether oxygens (including phenoxy) is 3. The molecule has 120 valence electrons. The van der Waals surface area contributed by atoms with Crippen LogP contribution in [0.2, 0.25) is 0 Å². The minimum atomic E-state index is -1.09. The molecule has 1 amide bonds. The number of nitrogens with zero attached hydrogens (tertiary/aromatic N) is 1. The summed E-state index contributed by atoms with van der Waals surface area (Å²) in [5.41, 5.74) is 0.283. The number of aliphatic carboxylic acids is 1.